The van der Waals surface area contributed by atoms with E-state index >= 15 is 0 Å². The molecule has 0 bridgehead atoms. The van der Waals surface area contributed by atoms with Gasteiger partial charge in [0.2, 0.25) is 0 Å². The lowest BCUT2D eigenvalue weighted by molar-refractivity contribution is 0.355. The molecule has 21 heavy (non-hydrogen) atoms. The molecule has 0 aliphatic heterocycles. The van der Waals surface area contributed by atoms with E-state index in [0.717, 1.165) is 29.8 Å². The third kappa shape index (κ3) is 3.70. The molecule has 0 unspecified atom stereocenters. The molecule has 0 fully saturated rings. The first kappa shape index (κ1) is 13.8. The Morgan fingerprint density at radius 3 is 2.90 bits per heavy atom. The maximum atomic E-state index is 5.90. The number of hydrogen-bond donors (Lipinski definition) is 0. The summed E-state index contributed by atoms with van der Waals surface area (Å²) in [4.78, 5) is 8.12. The Labute approximate surface area is 129 Å². The number of hydrogen-bond acceptors (Lipinski definition) is 3. The van der Waals surface area contributed by atoms with Gasteiger partial charge in [0.1, 0.15) is 23.8 Å². The molecule has 3 rings (SSSR count). The molecule has 1 aromatic carbocycles. The molecular formula is C17H15ClN2O. The van der Waals surface area contributed by atoms with Crippen LogP contribution in [0.1, 0.15) is 12.8 Å². The molecule has 0 spiro atoms. The molecule has 106 valence electrons. The minimum Gasteiger partial charge on any atom is -0.489 e. The quantitative estimate of drug-likeness (QED) is 0.782. The van der Waals surface area contributed by atoms with E-state index in [1.807, 2.05) is 24.3 Å². The molecule has 4 heteroatoms. The van der Waals surface area contributed by atoms with Gasteiger partial charge in [0.15, 0.2) is 0 Å². The van der Waals surface area contributed by atoms with Gasteiger partial charge in [-0.2, -0.15) is 0 Å². The number of nitrogens with zero attached hydrogens (tertiary/aromatic N) is 2. The highest BCUT2D eigenvalue weighted by molar-refractivity contribution is 6.29. The van der Waals surface area contributed by atoms with E-state index in [9.17, 15) is 0 Å². The highest BCUT2D eigenvalue weighted by Gasteiger charge is 2.04. The van der Waals surface area contributed by atoms with Gasteiger partial charge < -0.3 is 4.74 Å². The monoisotopic (exact) mass is 298 g/mol. The SMILES string of the molecule is Clc1cc(-c2cccc(OCC3=CCCC=C3)c2)ncn1. The maximum absolute atomic E-state index is 5.90. The van der Waals surface area contributed by atoms with Crippen molar-refractivity contribution in [2.75, 3.05) is 6.61 Å². The molecule has 0 N–H and O–H groups in total. The van der Waals surface area contributed by atoms with Crippen LogP contribution in [0.25, 0.3) is 11.3 Å². The van der Waals surface area contributed by atoms with Crippen LogP contribution >= 0.6 is 11.6 Å². The van der Waals surface area contributed by atoms with Crippen LogP contribution in [0.3, 0.4) is 0 Å². The van der Waals surface area contributed by atoms with Gasteiger partial charge in [-0.05, 0) is 30.5 Å². The first-order chi connectivity index (χ1) is 10.3. The number of allylic oxidation sites excluding steroid dienone is 2. The minimum absolute atomic E-state index is 0.434. The van der Waals surface area contributed by atoms with Crippen LogP contribution in [0.5, 0.6) is 5.75 Å². The van der Waals surface area contributed by atoms with Gasteiger partial charge in [0.25, 0.3) is 0 Å². The van der Waals surface area contributed by atoms with Crippen molar-refractivity contribution in [2.24, 2.45) is 0 Å². The Balaban J connectivity index is 1.74. The van der Waals surface area contributed by atoms with Crippen molar-refractivity contribution in [3.05, 3.63) is 65.6 Å². The van der Waals surface area contributed by atoms with Crippen molar-refractivity contribution in [1.29, 1.82) is 0 Å². The van der Waals surface area contributed by atoms with Crippen LogP contribution in [-0.4, -0.2) is 16.6 Å². The summed E-state index contributed by atoms with van der Waals surface area (Å²) in [6, 6.07) is 9.58. The second kappa shape index (κ2) is 6.55. The summed E-state index contributed by atoms with van der Waals surface area (Å²) in [5.74, 6) is 0.821. The molecule has 1 aromatic heterocycles. The van der Waals surface area contributed by atoms with E-state index in [4.69, 9.17) is 16.3 Å². The predicted octanol–water partition coefficient (Wildman–Crippen LogP) is 4.45. The van der Waals surface area contributed by atoms with Crippen LogP contribution in [0.15, 0.2) is 60.5 Å². The summed E-state index contributed by atoms with van der Waals surface area (Å²) in [5, 5.41) is 0.434. The standard InChI is InChI=1S/C17H15ClN2O/c18-17-10-16(19-12-20-17)14-7-4-8-15(9-14)21-11-13-5-2-1-3-6-13/h2,4-10,12H,1,3,11H2. The maximum Gasteiger partial charge on any atom is 0.133 e. The number of ether oxygens (including phenoxy) is 1. The van der Waals surface area contributed by atoms with Crippen molar-refractivity contribution in [3.8, 4) is 17.0 Å². The zero-order valence-electron chi connectivity index (χ0n) is 11.5. The van der Waals surface area contributed by atoms with Gasteiger partial charge in [-0.15, -0.1) is 0 Å². The number of halogens is 1. The van der Waals surface area contributed by atoms with Crippen molar-refractivity contribution >= 4 is 11.6 Å². The molecule has 1 aliphatic rings. The third-order valence-electron chi connectivity index (χ3n) is 3.24. The van der Waals surface area contributed by atoms with E-state index < -0.39 is 0 Å². The zero-order chi connectivity index (χ0) is 14.5. The Kier molecular flexibility index (Phi) is 4.31. The van der Waals surface area contributed by atoms with Gasteiger partial charge in [-0.3, -0.25) is 0 Å². The minimum atomic E-state index is 0.434. The fourth-order valence-corrected chi connectivity index (χ4v) is 2.33. The van der Waals surface area contributed by atoms with E-state index in [1.54, 1.807) is 6.07 Å². The van der Waals surface area contributed by atoms with Crippen molar-refractivity contribution in [2.45, 2.75) is 12.8 Å². The molecular weight excluding hydrogens is 284 g/mol. The summed E-state index contributed by atoms with van der Waals surface area (Å²) in [5.41, 5.74) is 2.97. The second-order valence-electron chi connectivity index (χ2n) is 4.80. The van der Waals surface area contributed by atoms with E-state index in [1.165, 1.54) is 11.9 Å². The van der Waals surface area contributed by atoms with Crippen LogP contribution in [0.2, 0.25) is 5.15 Å². The van der Waals surface area contributed by atoms with Crippen LogP contribution in [0, 0.1) is 0 Å². The molecule has 1 heterocycles. The summed E-state index contributed by atoms with van der Waals surface area (Å²) < 4.78 is 5.84. The summed E-state index contributed by atoms with van der Waals surface area (Å²) in [6.45, 7) is 0.588. The highest BCUT2D eigenvalue weighted by Crippen LogP contribution is 2.24. The average Bonchev–Trinajstić information content (AvgIpc) is 2.54. The lowest BCUT2D eigenvalue weighted by atomic mass is 10.1. The summed E-state index contributed by atoms with van der Waals surface area (Å²) in [6.07, 6.45) is 10.2. The van der Waals surface area contributed by atoms with Crippen LogP contribution in [0.4, 0.5) is 0 Å². The van der Waals surface area contributed by atoms with Crippen LogP contribution < -0.4 is 4.74 Å². The van der Waals surface area contributed by atoms with Crippen LogP contribution in [-0.2, 0) is 0 Å². The second-order valence-corrected chi connectivity index (χ2v) is 5.19. The van der Waals surface area contributed by atoms with E-state index in [0.29, 0.717) is 11.8 Å². The molecule has 0 atom stereocenters. The molecule has 0 radical (unpaired) electrons. The van der Waals surface area contributed by atoms with Gasteiger partial charge in [0, 0.05) is 11.6 Å². The van der Waals surface area contributed by atoms with Gasteiger partial charge in [-0.1, -0.05) is 42.0 Å². The first-order valence-corrected chi connectivity index (χ1v) is 7.25. The van der Waals surface area contributed by atoms with E-state index in [2.05, 4.69) is 28.2 Å². The molecule has 1 aliphatic carbocycles. The van der Waals surface area contributed by atoms with Gasteiger partial charge in [-0.25, -0.2) is 9.97 Å². The molecule has 0 amide bonds. The van der Waals surface area contributed by atoms with Crippen molar-refractivity contribution in [3.63, 3.8) is 0 Å². The Morgan fingerprint density at radius 1 is 1.14 bits per heavy atom. The third-order valence-corrected chi connectivity index (χ3v) is 3.45. The average molecular weight is 299 g/mol. The lowest BCUT2D eigenvalue weighted by Gasteiger charge is -2.10. The fourth-order valence-electron chi connectivity index (χ4n) is 2.18. The lowest BCUT2D eigenvalue weighted by Crippen LogP contribution is -2.01. The summed E-state index contributed by atoms with van der Waals surface area (Å²) in [7, 11) is 0. The summed E-state index contributed by atoms with van der Waals surface area (Å²) >= 11 is 5.90. The Bertz CT molecular complexity index is 695. The first-order valence-electron chi connectivity index (χ1n) is 6.87. The van der Waals surface area contributed by atoms with E-state index in [-0.39, 0.29) is 0 Å². The van der Waals surface area contributed by atoms with Crippen molar-refractivity contribution in [1.82, 2.24) is 9.97 Å². The number of rotatable bonds is 4. The topological polar surface area (TPSA) is 35.0 Å². The zero-order valence-corrected chi connectivity index (χ0v) is 12.3. The largest absolute Gasteiger partial charge is 0.489 e. The Morgan fingerprint density at radius 2 is 2.10 bits per heavy atom. The Hall–Kier alpha value is -2.13. The molecule has 0 saturated heterocycles. The molecule has 0 saturated carbocycles. The van der Waals surface area contributed by atoms with Crippen molar-refractivity contribution < 1.29 is 4.74 Å². The number of benzene rings is 1. The number of aromatic nitrogens is 2. The van der Waals surface area contributed by atoms with Gasteiger partial charge in [0.05, 0.1) is 5.69 Å². The predicted molar refractivity (Wildman–Crippen MR) is 84.4 cm³/mol. The molecule has 2 aromatic rings. The smallest absolute Gasteiger partial charge is 0.133 e. The normalized spacial score (nSPS) is 13.9. The fraction of sp³-hybridized carbons (Fsp3) is 0.176. The van der Waals surface area contributed by atoms with Gasteiger partial charge >= 0.3 is 0 Å². The molecule has 3 nitrogen and oxygen atoms in total. The highest BCUT2D eigenvalue weighted by atomic mass is 35.5.